The molecule has 0 spiro atoms. The number of nitrogens with zero attached hydrogens (tertiary/aromatic N) is 1. The van der Waals surface area contributed by atoms with Crippen molar-refractivity contribution in [1.29, 1.82) is 0 Å². The van der Waals surface area contributed by atoms with Gasteiger partial charge in [-0.05, 0) is 31.2 Å². The van der Waals surface area contributed by atoms with E-state index >= 15 is 0 Å². The van der Waals surface area contributed by atoms with Crippen molar-refractivity contribution in [3.8, 4) is 0 Å². The summed E-state index contributed by atoms with van der Waals surface area (Å²) in [7, 11) is 0. The van der Waals surface area contributed by atoms with Gasteiger partial charge in [-0.3, -0.25) is 0 Å². The number of hydrogen-bond acceptors (Lipinski definition) is 3. The lowest BCUT2D eigenvalue weighted by molar-refractivity contribution is 0.230. The van der Waals surface area contributed by atoms with Crippen molar-refractivity contribution in [1.82, 2.24) is 4.90 Å². The molecule has 0 amide bonds. The summed E-state index contributed by atoms with van der Waals surface area (Å²) in [5.74, 6) is 1.26. The van der Waals surface area contributed by atoms with Crippen LogP contribution in [0.3, 0.4) is 0 Å². The van der Waals surface area contributed by atoms with Crippen LogP contribution in [-0.2, 0) is 0 Å². The molecule has 0 unspecified atom stereocenters. The molecule has 0 atom stereocenters. The summed E-state index contributed by atoms with van der Waals surface area (Å²) in [6.45, 7) is 8.40. The molecule has 1 saturated heterocycles. The summed E-state index contributed by atoms with van der Waals surface area (Å²) in [5.41, 5.74) is 6.16. The lowest BCUT2D eigenvalue weighted by Crippen LogP contribution is -2.34. The van der Waals surface area contributed by atoms with Crippen LogP contribution in [0, 0.1) is 5.41 Å². The van der Waals surface area contributed by atoms with Crippen LogP contribution in [0.5, 0.6) is 0 Å². The Labute approximate surface area is 115 Å². The Bertz CT molecular complexity index is 298. The first-order valence-corrected chi connectivity index (χ1v) is 7.95. The SMILES string of the molecule is CC1(C)CCN(CC2(CC(N)=S)CC2)CCS1. The summed E-state index contributed by atoms with van der Waals surface area (Å²) < 4.78 is 0.453. The number of thioether (sulfide) groups is 1. The van der Waals surface area contributed by atoms with E-state index in [0.29, 0.717) is 15.2 Å². The monoisotopic (exact) mass is 272 g/mol. The van der Waals surface area contributed by atoms with Crippen LogP contribution in [0.1, 0.15) is 39.5 Å². The smallest absolute Gasteiger partial charge is 0.0733 e. The van der Waals surface area contributed by atoms with Crippen LogP contribution >= 0.6 is 24.0 Å². The highest BCUT2D eigenvalue weighted by Gasteiger charge is 2.44. The second kappa shape index (κ2) is 5.06. The molecule has 2 nitrogen and oxygen atoms in total. The topological polar surface area (TPSA) is 29.3 Å². The van der Waals surface area contributed by atoms with Crippen molar-refractivity contribution >= 4 is 29.0 Å². The number of thiocarbonyl (C=S) groups is 1. The minimum absolute atomic E-state index is 0.449. The predicted octanol–water partition coefficient (Wildman–Crippen LogP) is 2.66. The minimum Gasteiger partial charge on any atom is -0.393 e. The summed E-state index contributed by atoms with van der Waals surface area (Å²) in [4.78, 5) is 3.33. The quantitative estimate of drug-likeness (QED) is 0.797. The molecule has 1 aliphatic heterocycles. The summed E-state index contributed by atoms with van der Waals surface area (Å²) >= 11 is 7.18. The third kappa shape index (κ3) is 4.11. The first kappa shape index (κ1) is 13.6. The Hall–Kier alpha value is 0.200. The van der Waals surface area contributed by atoms with Crippen molar-refractivity contribution in [2.45, 2.75) is 44.3 Å². The van der Waals surface area contributed by atoms with Crippen LogP contribution in [0.4, 0.5) is 0 Å². The zero-order valence-corrected chi connectivity index (χ0v) is 12.6. The third-order valence-corrected chi connectivity index (χ3v) is 5.51. The minimum atomic E-state index is 0.449. The summed E-state index contributed by atoms with van der Waals surface area (Å²) in [6.07, 6.45) is 4.88. The standard InChI is InChI=1S/C13H24N2S2/c1-12(2)5-6-15(7-8-17-12)10-13(3-4-13)9-11(14)16/h3-10H2,1-2H3,(H2,14,16). The molecule has 2 N–H and O–H groups in total. The maximum atomic E-state index is 5.71. The van der Waals surface area contributed by atoms with Gasteiger partial charge in [-0.25, -0.2) is 0 Å². The molecule has 0 radical (unpaired) electrons. The molecule has 17 heavy (non-hydrogen) atoms. The van der Waals surface area contributed by atoms with Crippen LogP contribution in [0.2, 0.25) is 0 Å². The second-order valence-corrected chi connectivity index (χ2v) is 8.60. The maximum Gasteiger partial charge on any atom is 0.0733 e. The Balaban J connectivity index is 1.85. The Morgan fingerprint density at radius 2 is 2.00 bits per heavy atom. The van der Waals surface area contributed by atoms with Crippen LogP contribution in [0.15, 0.2) is 0 Å². The van der Waals surface area contributed by atoms with Crippen LogP contribution in [0.25, 0.3) is 0 Å². The zero-order valence-electron chi connectivity index (χ0n) is 11.0. The van der Waals surface area contributed by atoms with Crippen molar-refractivity contribution in [2.24, 2.45) is 11.1 Å². The Kier molecular flexibility index (Phi) is 4.06. The first-order chi connectivity index (χ1) is 7.91. The highest BCUT2D eigenvalue weighted by molar-refractivity contribution is 8.00. The fourth-order valence-corrected chi connectivity index (χ4v) is 4.08. The number of rotatable bonds is 4. The Morgan fingerprint density at radius 1 is 1.29 bits per heavy atom. The van der Waals surface area contributed by atoms with Gasteiger partial charge in [0.1, 0.15) is 0 Å². The highest BCUT2D eigenvalue weighted by atomic mass is 32.2. The van der Waals surface area contributed by atoms with Crippen molar-refractivity contribution in [3.05, 3.63) is 0 Å². The van der Waals surface area contributed by atoms with Crippen molar-refractivity contribution < 1.29 is 0 Å². The molecule has 0 bridgehead atoms. The molecule has 2 rings (SSSR count). The van der Waals surface area contributed by atoms with Crippen molar-refractivity contribution in [3.63, 3.8) is 0 Å². The van der Waals surface area contributed by atoms with E-state index in [1.165, 1.54) is 44.6 Å². The van der Waals surface area contributed by atoms with Gasteiger partial charge in [0.25, 0.3) is 0 Å². The number of hydrogen-bond donors (Lipinski definition) is 1. The van der Waals surface area contributed by atoms with Gasteiger partial charge in [0.05, 0.1) is 4.99 Å². The molecule has 0 aromatic heterocycles. The normalized spacial score (nSPS) is 27.4. The molecule has 0 aromatic rings. The third-order valence-electron chi connectivity index (χ3n) is 4.00. The van der Waals surface area contributed by atoms with Gasteiger partial charge in [-0.1, -0.05) is 26.1 Å². The van der Waals surface area contributed by atoms with E-state index in [9.17, 15) is 0 Å². The molecule has 2 aliphatic rings. The molecule has 4 heteroatoms. The number of nitrogens with two attached hydrogens (primary N) is 1. The molecule has 98 valence electrons. The van der Waals surface area contributed by atoms with Crippen molar-refractivity contribution in [2.75, 3.05) is 25.4 Å². The lowest BCUT2D eigenvalue weighted by Gasteiger charge is -2.26. The van der Waals surface area contributed by atoms with Gasteiger partial charge in [0, 0.05) is 30.0 Å². The lowest BCUT2D eigenvalue weighted by atomic mass is 10.0. The van der Waals surface area contributed by atoms with Gasteiger partial charge in [-0.2, -0.15) is 11.8 Å². The van der Waals surface area contributed by atoms with E-state index in [4.69, 9.17) is 18.0 Å². The summed E-state index contributed by atoms with van der Waals surface area (Å²) in [6, 6.07) is 0. The average molecular weight is 272 g/mol. The van der Waals surface area contributed by atoms with Gasteiger partial charge < -0.3 is 10.6 Å². The van der Waals surface area contributed by atoms with E-state index in [0.717, 1.165) is 6.42 Å². The highest BCUT2D eigenvalue weighted by Crippen LogP contribution is 2.49. The predicted molar refractivity (Wildman–Crippen MR) is 80.7 cm³/mol. The van der Waals surface area contributed by atoms with Gasteiger partial charge >= 0.3 is 0 Å². The molecular weight excluding hydrogens is 248 g/mol. The molecule has 0 aromatic carbocycles. The Morgan fingerprint density at radius 3 is 2.59 bits per heavy atom. The second-order valence-electron chi connectivity index (χ2n) is 6.28. The summed E-state index contributed by atoms with van der Waals surface area (Å²) in [5, 5.41) is 0. The van der Waals surface area contributed by atoms with Gasteiger partial charge in [-0.15, -0.1) is 0 Å². The van der Waals surface area contributed by atoms with Gasteiger partial charge in [0.2, 0.25) is 0 Å². The van der Waals surface area contributed by atoms with E-state index in [-0.39, 0.29) is 0 Å². The first-order valence-electron chi connectivity index (χ1n) is 6.56. The molecular formula is C13H24N2S2. The van der Waals surface area contributed by atoms with E-state index in [2.05, 4.69) is 30.5 Å². The maximum absolute atomic E-state index is 5.71. The van der Waals surface area contributed by atoms with E-state index < -0.39 is 0 Å². The zero-order chi connectivity index (χ0) is 12.5. The van der Waals surface area contributed by atoms with Crippen LogP contribution in [-0.4, -0.2) is 40.0 Å². The van der Waals surface area contributed by atoms with Gasteiger partial charge in [0.15, 0.2) is 0 Å². The molecule has 1 saturated carbocycles. The fraction of sp³-hybridized carbons (Fsp3) is 0.923. The molecule has 1 aliphatic carbocycles. The fourth-order valence-electron chi connectivity index (χ4n) is 2.63. The largest absolute Gasteiger partial charge is 0.393 e. The average Bonchev–Trinajstić information content (AvgIpc) is 2.94. The van der Waals surface area contributed by atoms with Crippen LogP contribution < -0.4 is 5.73 Å². The molecule has 1 heterocycles. The molecule has 2 fully saturated rings. The van der Waals surface area contributed by atoms with E-state index in [1.807, 2.05) is 0 Å². The van der Waals surface area contributed by atoms with E-state index in [1.54, 1.807) is 0 Å².